The highest BCUT2D eigenvalue weighted by Gasteiger charge is 2.42. The van der Waals surface area contributed by atoms with Gasteiger partial charge in [-0.2, -0.15) is 0 Å². The summed E-state index contributed by atoms with van der Waals surface area (Å²) in [6, 6.07) is 22.3. The molecule has 0 fully saturated rings. The van der Waals surface area contributed by atoms with E-state index in [4.69, 9.17) is 0 Å². The Morgan fingerprint density at radius 1 is 0.696 bits per heavy atom. The van der Waals surface area contributed by atoms with Crippen LogP contribution in [-0.4, -0.2) is 27.2 Å². The molecule has 0 amide bonds. The van der Waals surface area contributed by atoms with E-state index in [1.807, 2.05) is 0 Å². The highest BCUT2D eigenvalue weighted by molar-refractivity contribution is 7.02. The number of benzene rings is 2. The van der Waals surface area contributed by atoms with Crippen LogP contribution in [-0.2, 0) is 0 Å². The lowest BCUT2D eigenvalue weighted by Gasteiger charge is -2.48. The van der Waals surface area contributed by atoms with Gasteiger partial charge in [0.05, 0.1) is 0 Å². The second-order valence-electron chi connectivity index (χ2n) is 7.85. The van der Waals surface area contributed by atoms with Crippen molar-refractivity contribution in [3.63, 3.8) is 0 Å². The molecule has 1 nitrogen and oxygen atoms in total. The van der Waals surface area contributed by atoms with Gasteiger partial charge in [-0.1, -0.05) is 101 Å². The second-order valence-corrected chi connectivity index (χ2v) is 16.8. The minimum atomic E-state index is -1.69. The number of hydrogen-bond acceptors (Lipinski definition) is 1. The molecule has 3 heteroatoms. The lowest BCUT2D eigenvalue weighted by Crippen LogP contribution is -2.72. The smallest absolute Gasteiger partial charge is 0.147 e. The lowest BCUT2D eigenvalue weighted by atomic mass is 10.2. The van der Waals surface area contributed by atoms with Crippen molar-refractivity contribution in [1.82, 2.24) is 4.23 Å². The van der Waals surface area contributed by atoms with Gasteiger partial charge in [0.25, 0.3) is 0 Å². The van der Waals surface area contributed by atoms with Crippen molar-refractivity contribution in [3.8, 4) is 0 Å². The summed E-state index contributed by atoms with van der Waals surface area (Å²) < 4.78 is 2.93. The van der Waals surface area contributed by atoms with Gasteiger partial charge in [-0.15, -0.1) is 0 Å². The Morgan fingerprint density at radius 2 is 1.04 bits per heavy atom. The summed E-state index contributed by atoms with van der Waals surface area (Å²) >= 11 is 0. The first kappa shape index (κ1) is 18.2. The van der Waals surface area contributed by atoms with Crippen molar-refractivity contribution < 1.29 is 0 Å². The van der Waals surface area contributed by atoms with Crippen LogP contribution in [0, 0.1) is 5.92 Å². The average molecular weight is 342 g/mol. The maximum Gasteiger partial charge on any atom is 0.147 e. The summed E-state index contributed by atoms with van der Waals surface area (Å²) in [4.78, 5) is 0. The summed E-state index contributed by atoms with van der Waals surface area (Å²) in [6.07, 6.45) is 0. The van der Waals surface area contributed by atoms with Crippen LogP contribution in [0.1, 0.15) is 13.8 Å². The molecule has 23 heavy (non-hydrogen) atoms. The van der Waals surface area contributed by atoms with Crippen LogP contribution in [0.25, 0.3) is 0 Å². The summed E-state index contributed by atoms with van der Waals surface area (Å²) in [5.41, 5.74) is 0. The van der Waals surface area contributed by atoms with Crippen LogP contribution in [0.15, 0.2) is 60.7 Å². The van der Waals surface area contributed by atoms with Gasteiger partial charge >= 0.3 is 0 Å². The Bertz CT molecular complexity index is 555. The van der Waals surface area contributed by atoms with E-state index in [1.54, 1.807) is 0 Å². The zero-order chi connectivity index (χ0) is 17.1. The third-order valence-corrected chi connectivity index (χ3v) is 14.8. The van der Waals surface area contributed by atoms with E-state index < -0.39 is 16.5 Å². The SMILES string of the molecule is CC(C)CN([Si](C)(C)c1ccccc1)[Si](C)(C)c1ccccc1. The topological polar surface area (TPSA) is 3.24 Å². The van der Waals surface area contributed by atoms with E-state index in [1.165, 1.54) is 16.9 Å². The normalized spacial score (nSPS) is 12.9. The Kier molecular flexibility index (Phi) is 5.66. The van der Waals surface area contributed by atoms with E-state index in [9.17, 15) is 0 Å². The standard InChI is InChI=1S/C20H31NSi2/c1-18(2)17-21(22(3,4)19-13-9-7-10-14-19)23(5,6)20-15-11-8-12-16-20/h7-16,18H,17H2,1-6H3. The first-order valence-corrected chi connectivity index (χ1v) is 14.5. The molecule has 124 valence electrons. The molecule has 0 spiro atoms. The summed E-state index contributed by atoms with van der Waals surface area (Å²) in [7, 11) is -3.39. The minimum absolute atomic E-state index is 0.681. The predicted molar refractivity (Wildman–Crippen MR) is 109 cm³/mol. The third kappa shape index (κ3) is 4.03. The first-order valence-electron chi connectivity index (χ1n) is 8.65. The molecular weight excluding hydrogens is 310 g/mol. The number of rotatable bonds is 6. The third-order valence-electron chi connectivity index (χ3n) is 4.86. The first-order chi connectivity index (χ1) is 10.8. The van der Waals surface area contributed by atoms with Gasteiger partial charge in [0.1, 0.15) is 16.5 Å². The minimum Gasteiger partial charge on any atom is -0.338 e. The molecule has 0 heterocycles. The van der Waals surface area contributed by atoms with Crippen LogP contribution in [0.5, 0.6) is 0 Å². The molecule has 0 aromatic heterocycles. The summed E-state index contributed by atoms with van der Waals surface area (Å²) in [6.45, 7) is 15.9. The van der Waals surface area contributed by atoms with E-state index in [2.05, 4.69) is 105 Å². The Hall–Kier alpha value is -1.17. The van der Waals surface area contributed by atoms with E-state index in [-0.39, 0.29) is 0 Å². The van der Waals surface area contributed by atoms with Gasteiger partial charge in [0, 0.05) is 0 Å². The van der Waals surface area contributed by atoms with E-state index in [0.717, 1.165) is 0 Å². The van der Waals surface area contributed by atoms with Crippen LogP contribution in [0.3, 0.4) is 0 Å². The zero-order valence-corrected chi connectivity index (χ0v) is 17.5. The summed E-state index contributed by atoms with van der Waals surface area (Å²) in [5.74, 6) is 0.681. The molecule has 0 saturated heterocycles. The lowest BCUT2D eigenvalue weighted by molar-refractivity contribution is 0.499. The van der Waals surface area contributed by atoms with Crippen molar-refractivity contribution in [3.05, 3.63) is 60.7 Å². The molecule has 0 bridgehead atoms. The Labute approximate surface area is 144 Å². The van der Waals surface area contributed by atoms with Crippen LogP contribution in [0.4, 0.5) is 0 Å². The second kappa shape index (κ2) is 7.16. The van der Waals surface area contributed by atoms with Gasteiger partial charge in [-0.05, 0) is 22.8 Å². The molecular formula is C20H31NSi2. The fourth-order valence-corrected chi connectivity index (χ4v) is 14.2. The average Bonchev–Trinajstić information content (AvgIpc) is 2.54. The van der Waals surface area contributed by atoms with Crippen molar-refractivity contribution in [1.29, 1.82) is 0 Å². The van der Waals surface area contributed by atoms with Gasteiger partial charge in [-0.3, -0.25) is 0 Å². The highest BCUT2D eigenvalue weighted by atomic mass is 28.4. The molecule has 2 aromatic carbocycles. The predicted octanol–water partition coefficient (Wildman–Crippen LogP) is 4.17. The van der Waals surface area contributed by atoms with Gasteiger partial charge < -0.3 is 4.23 Å². The van der Waals surface area contributed by atoms with Gasteiger partial charge in [0.2, 0.25) is 0 Å². The number of hydrogen-bond donors (Lipinski definition) is 0. The van der Waals surface area contributed by atoms with Crippen LogP contribution in [0.2, 0.25) is 26.2 Å². The zero-order valence-electron chi connectivity index (χ0n) is 15.5. The van der Waals surface area contributed by atoms with Crippen molar-refractivity contribution in [2.24, 2.45) is 5.92 Å². The molecule has 0 unspecified atom stereocenters. The molecule has 0 N–H and O–H groups in total. The van der Waals surface area contributed by atoms with Gasteiger partial charge in [-0.25, -0.2) is 0 Å². The molecule has 0 radical (unpaired) electrons. The molecule has 0 aliphatic rings. The maximum atomic E-state index is 2.93. The highest BCUT2D eigenvalue weighted by Crippen LogP contribution is 2.22. The molecule has 2 rings (SSSR count). The van der Waals surface area contributed by atoms with Gasteiger partial charge in [0.15, 0.2) is 0 Å². The number of nitrogens with zero attached hydrogens (tertiary/aromatic N) is 1. The van der Waals surface area contributed by atoms with Crippen LogP contribution >= 0.6 is 0 Å². The van der Waals surface area contributed by atoms with Crippen LogP contribution < -0.4 is 10.4 Å². The van der Waals surface area contributed by atoms with E-state index >= 15 is 0 Å². The molecule has 0 atom stereocenters. The van der Waals surface area contributed by atoms with E-state index in [0.29, 0.717) is 5.92 Å². The summed E-state index contributed by atoms with van der Waals surface area (Å²) in [5, 5.41) is 3.08. The molecule has 0 aliphatic heterocycles. The maximum absolute atomic E-state index is 2.93. The molecule has 0 saturated carbocycles. The molecule has 2 aromatic rings. The Balaban J connectivity index is 2.48. The quantitative estimate of drug-likeness (QED) is 0.713. The fraction of sp³-hybridized carbons (Fsp3) is 0.400. The molecule has 0 aliphatic carbocycles. The van der Waals surface area contributed by atoms with Crippen molar-refractivity contribution >= 4 is 26.8 Å². The largest absolute Gasteiger partial charge is 0.338 e. The Morgan fingerprint density at radius 3 is 1.35 bits per heavy atom. The fourth-order valence-electron chi connectivity index (χ4n) is 3.52. The van der Waals surface area contributed by atoms with Crippen molar-refractivity contribution in [2.75, 3.05) is 6.54 Å². The monoisotopic (exact) mass is 341 g/mol. The van der Waals surface area contributed by atoms with Crippen molar-refractivity contribution in [2.45, 2.75) is 40.0 Å².